The topological polar surface area (TPSA) is 78.9 Å². The number of imidazole rings is 1. The minimum Gasteiger partial charge on any atom is -0.481 e. The lowest BCUT2D eigenvalue weighted by atomic mass is 10.2. The van der Waals surface area contributed by atoms with Crippen molar-refractivity contribution in [1.82, 2.24) is 15.0 Å². The van der Waals surface area contributed by atoms with Crippen molar-refractivity contribution in [2.45, 2.75) is 5.16 Å². The maximum Gasteiger partial charge on any atom is 0.313 e. The smallest absolute Gasteiger partial charge is 0.313 e. The molecule has 2 rings (SSSR count). The first kappa shape index (κ1) is 10.7. The number of hydrogen-bond donors (Lipinski definition) is 2. The van der Waals surface area contributed by atoms with E-state index in [0.29, 0.717) is 5.16 Å². The van der Waals surface area contributed by atoms with Gasteiger partial charge in [0.25, 0.3) is 0 Å². The lowest BCUT2D eigenvalue weighted by Crippen LogP contribution is -1.97. The molecule has 0 aliphatic rings. The van der Waals surface area contributed by atoms with E-state index in [1.54, 1.807) is 18.6 Å². The Morgan fingerprint density at radius 3 is 3.06 bits per heavy atom. The summed E-state index contributed by atoms with van der Waals surface area (Å²) >= 11 is 1.16. The van der Waals surface area contributed by atoms with E-state index in [-0.39, 0.29) is 5.75 Å². The number of rotatable bonds is 4. The van der Waals surface area contributed by atoms with Gasteiger partial charge in [-0.25, -0.2) is 4.98 Å². The third kappa shape index (κ3) is 2.60. The molecule has 0 aliphatic heterocycles. The van der Waals surface area contributed by atoms with E-state index in [9.17, 15) is 4.79 Å². The highest BCUT2D eigenvalue weighted by Crippen LogP contribution is 2.20. The monoisotopic (exact) mass is 235 g/mol. The molecule has 5 nitrogen and oxygen atoms in total. The molecule has 0 aliphatic carbocycles. The molecule has 0 fully saturated rings. The van der Waals surface area contributed by atoms with Crippen LogP contribution in [0.2, 0.25) is 0 Å². The lowest BCUT2D eigenvalue weighted by Gasteiger charge is -1.95. The van der Waals surface area contributed by atoms with Crippen molar-refractivity contribution < 1.29 is 9.90 Å². The van der Waals surface area contributed by atoms with E-state index in [1.165, 1.54) is 0 Å². The van der Waals surface area contributed by atoms with Gasteiger partial charge in [0.15, 0.2) is 5.16 Å². The fourth-order valence-electron chi connectivity index (χ4n) is 1.18. The fourth-order valence-corrected chi connectivity index (χ4v) is 1.74. The third-order valence-corrected chi connectivity index (χ3v) is 2.73. The summed E-state index contributed by atoms with van der Waals surface area (Å²) in [6, 6.07) is 3.74. The number of aromatic nitrogens is 3. The minimum absolute atomic E-state index is 0.00000693. The molecule has 0 saturated heterocycles. The summed E-state index contributed by atoms with van der Waals surface area (Å²) in [7, 11) is 0. The van der Waals surface area contributed by atoms with Crippen molar-refractivity contribution in [2.75, 3.05) is 5.75 Å². The molecule has 0 radical (unpaired) electrons. The first-order chi connectivity index (χ1) is 7.75. The maximum atomic E-state index is 10.4. The first-order valence-electron chi connectivity index (χ1n) is 4.55. The average molecular weight is 235 g/mol. The normalized spacial score (nSPS) is 10.2. The summed E-state index contributed by atoms with van der Waals surface area (Å²) < 4.78 is 0. The zero-order valence-corrected chi connectivity index (χ0v) is 9.07. The van der Waals surface area contributed by atoms with Gasteiger partial charge in [-0.15, -0.1) is 0 Å². The van der Waals surface area contributed by atoms with Gasteiger partial charge in [-0.3, -0.25) is 9.78 Å². The number of carboxylic acid groups (broad SMARTS) is 1. The molecular formula is C10H9N3O2S. The zero-order valence-electron chi connectivity index (χ0n) is 8.25. The Hall–Kier alpha value is -1.82. The molecule has 82 valence electrons. The number of nitrogens with one attached hydrogen (secondary N) is 1. The van der Waals surface area contributed by atoms with E-state index in [2.05, 4.69) is 15.0 Å². The Kier molecular flexibility index (Phi) is 3.21. The van der Waals surface area contributed by atoms with Gasteiger partial charge in [0.2, 0.25) is 0 Å². The largest absolute Gasteiger partial charge is 0.481 e. The van der Waals surface area contributed by atoms with Crippen molar-refractivity contribution in [3.05, 3.63) is 30.7 Å². The average Bonchev–Trinajstić information content (AvgIpc) is 2.76. The quantitative estimate of drug-likeness (QED) is 0.788. The Morgan fingerprint density at radius 1 is 1.50 bits per heavy atom. The van der Waals surface area contributed by atoms with E-state index in [4.69, 9.17) is 5.11 Å². The molecule has 0 bridgehead atoms. The molecule has 2 aromatic heterocycles. The van der Waals surface area contributed by atoms with Crippen LogP contribution < -0.4 is 0 Å². The number of H-pyrrole nitrogens is 1. The molecule has 0 atom stereocenters. The molecule has 6 heteroatoms. The standard InChI is InChI=1S/C10H9N3O2S/c14-9(15)6-16-10-12-5-8(13-10)7-2-1-3-11-4-7/h1-5H,6H2,(H,12,13)(H,14,15). The van der Waals surface area contributed by atoms with Gasteiger partial charge in [-0.1, -0.05) is 11.8 Å². The summed E-state index contributed by atoms with van der Waals surface area (Å²) in [5.41, 5.74) is 1.76. The second-order valence-corrected chi connectivity index (χ2v) is 3.99. The molecule has 0 amide bonds. The van der Waals surface area contributed by atoms with E-state index in [1.807, 2.05) is 12.1 Å². The van der Waals surface area contributed by atoms with Crippen molar-refractivity contribution in [2.24, 2.45) is 0 Å². The van der Waals surface area contributed by atoms with Crippen LogP contribution in [0.15, 0.2) is 35.9 Å². The molecule has 0 aromatic carbocycles. The molecule has 16 heavy (non-hydrogen) atoms. The van der Waals surface area contributed by atoms with Crippen LogP contribution in [-0.2, 0) is 4.79 Å². The van der Waals surface area contributed by atoms with Gasteiger partial charge in [-0.05, 0) is 12.1 Å². The van der Waals surface area contributed by atoms with Gasteiger partial charge >= 0.3 is 5.97 Å². The van der Waals surface area contributed by atoms with Gasteiger partial charge in [0, 0.05) is 18.0 Å². The highest BCUT2D eigenvalue weighted by atomic mass is 32.2. The van der Waals surface area contributed by atoms with Crippen molar-refractivity contribution in [1.29, 1.82) is 0 Å². The van der Waals surface area contributed by atoms with E-state index in [0.717, 1.165) is 23.0 Å². The van der Waals surface area contributed by atoms with Crippen molar-refractivity contribution in [3.63, 3.8) is 0 Å². The maximum absolute atomic E-state index is 10.4. The number of thioether (sulfide) groups is 1. The molecule has 2 N–H and O–H groups in total. The number of pyridine rings is 1. The molecule has 0 spiro atoms. The Morgan fingerprint density at radius 2 is 2.38 bits per heavy atom. The number of carboxylic acids is 1. The van der Waals surface area contributed by atoms with E-state index >= 15 is 0 Å². The number of nitrogens with zero attached hydrogens (tertiary/aromatic N) is 2. The SMILES string of the molecule is O=C(O)CSc1ncc(-c2cccnc2)[nH]1. The Balaban J connectivity index is 2.11. The van der Waals surface area contributed by atoms with Crippen LogP contribution in [0, 0.1) is 0 Å². The Labute approximate surface area is 95.9 Å². The molecule has 2 heterocycles. The number of aliphatic carboxylic acids is 1. The predicted molar refractivity (Wildman–Crippen MR) is 60.2 cm³/mol. The fraction of sp³-hybridized carbons (Fsp3) is 0.100. The second kappa shape index (κ2) is 4.80. The summed E-state index contributed by atoms with van der Waals surface area (Å²) in [6.45, 7) is 0. The summed E-state index contributed by atoms with van der Waals surface area (Å²) in [5, 5.41) is 9.12. The minimum atomic E-state index is -0.857. The Bertz CT molecular complexity index is 484. The third-order valence-electron chi connectivity index (χ3n) is 1.86. The summed E-state index contributed by atoms with van der Waals surface area (Å²) in [5.74, 6) is -0.857. The highest BCUT2D eigenvalue weighted by molar-refractivity contribution is 7.99. The van der Waals surface area contributed by atoms with Crippen LogP contribution in [0.3, 0.4) is 0 Å². The number of aromatic amines is 1. The highest BCUT2D eigenvalue weighted by Gasteiger charge is 2.05. The van der Waals surface area contributed by atoms with Gasteiger partial charge in [0.1, 0.15) is 0 Å². The summed E-state index contributed by atoms with van der Waals surface area (Å²) in [4.78, 5) is 21.5. The predicted octanol–water partition coefficient (Wildman–Crippen LogP) is 1.65. The van der Waals surface area contributed by atoms with Crippen molar-refractivity contribution >= 4 is 17.7 Å². The van der Waals surface area contributed by atoms with E-state index < -0.39 is 5.97 Å². The lowest BCUT2D eigenvalue weighted by molar-refractivity contribution is -0.133. The van der Waals surface area contributed by atoms with Gasteiger partial charge < -0.3 is 10.1 Å². The van der Waals surface area contributed by atoms with Crippen molar-refractivity contribution in [3.8, 4) is 11.3 Å². The van der Waals surface area contributed by atoms with Crippen LogP contribution in [0.4, 0.5) is 0 Å². The second-order valence-electron chi connectivity index (χ2n) is 3.03. The molecular weight excluding hydrogens is 226 g/mol. The first-order valence-corrected chi connectivity index (χ1v) is 5.54. The van der Waals surface area contributed by atoms with Gasteiger partial charge in [0.05, 0.1) is 17.6 Å². The summed E-state index contributed by atoms with van der Waals surface area (Å²) in [6.07, 6.45) is 5.08. The van der Waals surface area contributed by atoms with Crippen LogP contribution in [0.25, 0.3) is 11.3 Å². The molecule has 2 aromatic rings. The molecule has 0 unspecified atom stereocenters. The number of hydrogen-bond acceptors (Lipinski definition) is 4. The zero-order chi connectivity index (χ0) is 11.4. The van der Waals surface area contributed by atoms with Crippen LogP contribution in [-0.4, -0.2) is 31.8 Å². The van der Waals surface area contributed by atoms with Crippen LogP contribution in [0.5, 0.6) is 0 Å². The number of carbonyl (C=O) groups is 1. The van der Waals surface area contributed by atoms with Crippen LogP contribution >= 0.6 is 11.8 Å². The van der Waals surface area contributed by atoms with Gasteiger partial charge in [-0.2, -0.15) is 0 Å². The van der Waals surface area contributed by atoms with Crippen LogP contribution in [0.1, 0.15) is 0 Å². The molecule has 0 saturated carbocycles.